The molecule has 0 fully saturated rings. The average Bonchev–Trinajstić information content (AvgIpc) is 2.23. The van der Waals surface area contributed by atoms with Crippen LogP contribution in [0.4, 0.5) is 5.69 Å². The molecule has 1 aromatic rings. The number of anilines is 1. The Morgan fingerprint density at radius 2 is 2.18 bits per heavy atom. The van der Waals surface area contributed by atoms with Gasteiger partial charge in [-0.1, -0.05) is 25.4 Å². The smallest absolute Gasteiger partial charge is 0.225 e. The van der Waals surface area contributed by atoms with Crippen LogP contribution in [0.15, 0.2) is 18.2 Å². The largest absolute Gasteiger partial charge is 0.506 e. The van der Waals surface area contributed by atoms with Gasteiger partial charge in [-0.05, 0) is 24.1 Å². The predicted octanol–water partition coefficient (Wildman–Crippen LogP) is 2.36. The third-order valence-electron chi connectivity index (χ3n) is 2.51. The minimum atomic E-state index is -0.164. The fourth-order valence-corrected chi connectivity index (χ4v) is 1.43. The number of carbonyl (C=O) groups is 1. The van der Waals surface area contributed by atoms with Gasteiger partial charge in [0.25, 0.3) is 0 Å². The molecular weight excluding hydrogens is 240 g/mol. The highest BCUT2D eigenvalue weighted by Crippen LogP contribution is 2.26. The molecule has 17 heavy (non-hydrogen) atoms. The molecule has 1 unspecified atom stereocenters. The van der Waals surface area contributed by atoms with Crippen LogP contribution in [-0.4, -0.2) is 17.1 Å². The van der Waals surface area contributed by atoms with E-state index in [0.717, 1.165) is 0 Å². The van der Waals surface area contributed by atoms with Crippen LogP contribution in [0.25, 0.3) is 0 Å². The Bertz CT molecular complexity index is 407. The molecule has 1 atom stereocenters. The Hall–Kier alpha value is -1.26. The number of hydrogen-bond acceptors (Lipinski definition) is 3. The van der Waals surface area contributed by atoms with Gasteiger partial charge < -0.3 is 16.2 Å². The number of phenolic OH excluding ortho intramolecular Hbond substituents is 1. The van der Waals surface area contributed by atoms with E-state index in [2.05, 4.69) is 5.32 Å². The van der Waals surface area contributed by atoms with Crippen LogP contribution in [0.5, 0.6) is 5.75 Å². The predicted molar refractivity (Wildman–Crippen MR) is 69.2 cm³/mol. The zero-order valence-corrected chi connectivity index (χ0v) is 10.7. The van der Waals surface area contributed by atoms with Crippen LogP contribution >= 0.6 is 11.6 Å². The van der Waals surface area contributed by atoms with E-state index >= 15 is 0 Å². The van der Waals surface area contributed by atoms with Gasteiger partial charge in [-0.15, -0.1) is 0 Å². The number of benzene rings is 1. The molecule has 0 spiro atoms. The van der Waals surface area contributed by atoms with E-state index in [4.69, 9.17) is 17.3 Å². The second kappa shape index (κ2) is 5.89. The highest BCUT2D eigenvalue weighted by molar-refractivity contribution is 6.32. The van der Waals surface area contributed by atoms with Crippen LogP contribution in [-0.2, 0) is 4.79 Å². The minimum absolute atomic E-state index is 0.0106. The Kier molecular flexibility index (Phi) is 4.78. The van der Waals surface area contributed by atoms with Gasteiger partial charge in [-0.2, -0.15) is 0 Å². The number of aromatic hydroxyl groups is 1. The van der Waals surface area contributed by atoms with Crippen molar-refractivity contribution in [2.75, 3.05) is 5.32 Å². The lowest BCUT2D eigenvalue weighted by Gasteiger charge is -2.15. The van der Waals surface area contributed by atoms with Gasteiger partial charge >= 0.3 is 0 Å². The second-order valence-electron chi connectivity index (χ2n) is 4.33. The van der Waals surface area contributed by atoms with Gasteiger partial charge in [-0.25, -0.2) is 0 Å². The lowest BCUT2D eigenvalue weighted by atomic mass is 10.0. The minimum Gasteiger partial charge on any atom is -0.506 e. The maximum atomic E-state index is 11.6. The summed E-state index contributed by atoms with van der Waals surface area (Å²) in [5.74, 6) is 0.0839. The van der Waals surface area contributed by atoms with Gasteiger partial charge in [0, 0.05) is 18.2 Å². The highest BCUT2D eigenvalue weighted by atomic mass is 35.5. The number of nitrogens with one attached hydrogen (secondary N) is 1. The molecule has 0 bridgehead atoms. The van der Waals surface area contributed by atoms with Crippen molar-refractivity contribution >= 4 is 23.2 Å². The van der Waals surface area contributed by atoms with Gasteiger partial charge in [0.1, 0.15) is 5.75 Å². The Balaban J connectivity index is 2.59. The van der Waals surface area contributed by atoms with Gasteiger partial charge in [0.15, 0.2) is 0 Å². The highest BCUT2D eigenvalue weighted by Gasteiger charge is 2.13. The third-order valence-corrected chi connectivity index (χ3v) is 2.81. The molecule has 0 aliphatic rings. The zero-order valence-electron chi connectivity index (χ0n) is 9.90. The summed E-state index contributed by atoms with van der Waals surface area (Å²) in [6, 6.07) is 4.35. The monoisotopic (exact) mass is 256 g/mol. The summed E-state index contributed by atoms with van der Waals surface area (Å²) >= 11 is 5.73. The first kappa shape index (κ1) is 13.8. The van der Waals surface area contributed by atoms with Crippen molar-refractivity contribution in [2.24, 2.45) is 11.7 Å². The molecule has 1 amide bonds. The molecule has 1 aromatic carbocycles. The van der Waals surface area contributed by atoms with Crippen LogP contribution in [0.1, 0.15) is 20.3 Å². The Labute approximate surface area is 106 Å². The molecule has 4 nitrogen and oxygen atoms in total. The third kappa shape index (κ3) is 4.24. The lowest BCUT2D eigenvalue weighted by molar-refractivity contribution is -0.116. The molecule has 0 saturated carbocycles. The molecule has 94 valence electrons. The number of hydrogen-bond donors (Lipinski definition) is 3. The summed E-state index contributed by atoms with van der Waals surface area (Å²) in [7, 11) is 0. The summed E-state index contributed by atoms with van der Waals surface area (Å²) in [6.07, 6.45) is 0.260. The number of halogens is 1. The first-order valence-corrected chi connectivity index (χ1v) is 5.82. The SMILES string of the molecule is CC(C)C(N)CC(=O)Nc1ccc(O)c(Cl)c1. The van der Waals surface area contributed by atoms with Crippen molar-refractivity contribution in [1.29, 1.82) is 0 Å². The first-order valence-electron chi connectivity index (χ1n) is 5.44. The standard InChI is InChI=1S/C12H17ClN2O2/c1-7(2)10(14)6-12(17)15-8-3-4-11(16)9(13)5-8/h3-5,7,10,16H,6,14H2,1-2H3,(H,15,17). The quantitative estimate of drug-likeness (QED) is 0.724. The topological polar surface area (TPSA) is 75.4 Å². The molecular formula is C12H17ClN2O2. The van der Waals surface area contributed by atoms with Crippen molar-refractivity contribution in [3.8, 4) is 5.75 Å². The van der Waals surface area contributed by atoms with Gasteiger partial charge in [0.05, 0.1) is 5.02 Å². The number of carbonyl (C=O) groups excluding carboxylic acids is 1. The number of nitrogens with two attached hydrogens (primary N) is 1. The molecule has 0 heterocycles. The molecule has 0 radical (unpaired) electrons. The van der Waals surface area contributed by atoms with Gasteiger partial charge in [0.2, 0.25) is 5.91 Å². The molecule has 0 saturated heterocycles. The maximum absolute atomic E-state index is 11.6. The van der Waals surface area contributed by atoms with E-state index in [1.807, 2.05) is 13.8 Å². The maximum Gasteiger partial charge on any atom is 0.225 e. The van der Waals surface area contributed by atoms with Crippen LogP contribution in [0, 0.1) is 5.92 Å². The van der Waals surface area contributed by atoms with Crippen molar-refractivity contribution in [3.63, 3.8) is 0 Å². The fourth-order valence-electron chi connectivity index (χ4n) is 1.25. The summed E-state index contributed by atoms with van der Waals surface area (Å²) in [5.41, 5.74) is 6.35. The van der Waals surface area contributed by atoms with Crippen molar-refractivity contribution < 1.29 is 9.90 Å². The van der Waals surface area contributed by atoms with Crippen LogP contribution < -0.4 is 11.1 Å². The fraction of sp³-hybridized carbons (Fsp3) is 0.417. The molecule has 1 rings (SSSR count). The summed E-state index contributed by atoms with van der Waals surface area (Å²) in [6.45, 7) is 3.94. The van der Waals surface area contributed by atoms with Crippen LogP contribution in [0.3, 0.4) is 0 Å². The first-order chi connectivity index (χ1) is 7.90. The average molecular weight is 257 g/mol. The molecule has 0 aliphatic heterocycles. The van der Waals surface area contributed by atoms with Crippen molar-refractivity contribution in [2.45, 2.75) is 26.3 Å². The van der Waals surface area contributed by atoms with Crippen molar-refractivity contribution in [3.05, 3.63) is 23.2 Å². The van der Waals surface area contributed by atoms with E-state index in [1.165, 1.54) is 12.1 Å². The number of amides is 1. The van der Waals surface area contributed by atoms with E-state index in [1.54, 1.807) is 6.07 Å². The summed E-state index contributed by atoms with van der Waals surface area (Å²) < 4.78 is 0. The summed E-state index contributed by atoms with van der Waals surface area (Å²) in [5, 5.41) is 12.1. The van der Waals surface area contributed by atoms with Crippen molar-refractivity contribution in [1.82, 2.24) is 0 Å². The van der Waals surface area contributed by atoms with Crippen LogP contribution in [0.2, 0.25) is 5.02 Å². The van der Waals surface area contributed by atoms with E-state index < -0.39 is 0 Å². The molecule has 0 aliphatic carbocycles. The number of rotatable bonds is 4. The molecule has 4 N–H and O–H groups in total. The zero-order chi connectivity index (χ0) is 13.0. The van der Waals surface area contributed by atoms with E-state index in [-0.39, 0.29) is 35.1 Å². The number of phenols is 1. The van der Waals surface area contributed by atoms with E-state index in [9.17, 15) is 9.90 Å². The lowest BCUT2D eigenvalue weighted by Crippen LogP contribution is -2.31. The molecule has 5 heteroatoms. The van der Waals surface area contributed by atoms with E-state index in [0.29, 0.717) is 5.69 Å². The normalized spacial score (nSPS) is 12.5. The van der Waals surface area contributed by atoms with Gasteiger partial charge in [-0.3, -0.25) is 4.79 Å². The second-order valence-corrected chi connectivity index (χ2v) is 4.73. The Morgan fingerprint density at radius 3 is 2.71 bits per heavy atom. The summed E-state index contributed by atoms with van der Waals surface area (Å²) in [4.78, 5) is 11.6. The molecule has 0 aromatic heterocycles. The Morgan fingerprint density at radius 1 is 1.53 bits per heavy atom.